The molecule has 5 aliphatic heterocycles. The van der Waals surface area contributed by atoms with Gasteiger partial charge in [0.05, 0.1) is 31.0 Å². The third-order valence-electron chi connectivity index (χ3n) is 10.4. The summed E-state index contributed by atoms with van der Waals surface area (Å²) in [5.41, 5.74) is 0. The summed E-state index contributed by atoms with van der Waals surface area (Å²) in [4.78, 5) is 0. The van der Waals surface area contributed by atoms with Gasteiger partial charge in [-0.2, -0.15) is 0 Å². The topological polar surface area (TPSA) is 335 Å². The van der Waals surface area contributed by atoms with Crippen molar-refractivity contribution in [3.05, 3.63) is 0 Å². The van der Waals surface area contributed by atoms with E-state index in [1.54, 1.807) is 0 Å². The smallest absolute Gasteiger partial charge is 0.187 e. The van der Waals surface area contributed by atoms with E-state index >= 15 is 0 Å². The molecule has 0 spiro atoms. The van der Waals surface area contributed by atoms with Crippen LogP contribution in [0.15, 0.2) is 0 Å². The van der Waals surface area contributed by atoms with E-state index in [2.05, 4.69) is 0 Å². The van der Waals surface area contributed by atoms with Crippen molar-refractivity contribution in [2.75, 3.05) is 13.7 Å². The second-order valence-corrected chi connectivity index (χ2v) is 14.1. The molecule has 5 saturated heterocycles. The van der Waals surface area contributed by atoms with E-state index in [9.17, 15) is 61.3 Å². The summed E-state index contributed by atoms with van der Waals surface area (Å²) < 4.78 is 57.0. The Morgan fingerprint density at radius 3 is 1.42 bits per heavy atom. The fourth-order valence-corrected chi connectivity index (χ4v) is 7.08. The highest BCUT2D eigenvalue weighted by molar-refractivity contribution is 4.98. The molecule has 53 heavy (non-hydrogen) atoms. The molecule has 5 rings (SSSR count). The quantitative estimate of drug-likeness (QED) is 0.0980. The van der Waals surface area contributed by atoms with Gasteiger partial charge < -0.3 is 109 Å². The molecule has 5 fully saturated rings. The second-order valence-electron chi connectivity index (χ2n) is 14.1. The van der Waals surface area contributed by atoms with Gasteiger partial charge in [-0.1, -0.05) is 0 Å². The third kappa shape index (κ3) is 8.69. The Kier molecular flexibility index (Phi) is 14.5. The first-order valence-corrected chi connectivity index (χ1v) is 17.4. The molecule has 1 unspecified atom stereocenters. The monoisotopic (exact) mass is 778 g/mol. The van der Waals surface area contributed by atoms with Crippen LogP contribution in [0.4, 0.5) is 0 Å². The largest absolute Gasteiger partial charge is 0.394 e. The number of rotatable bonds is 10. The lowest BCUT2D eigenvalue weighted by molar-refractivity contribution is -0.399. The van der Waals surface area contributed by atoms with Crippen LogP contribution in [-0.2, 0) is 47.4 Å². The molecule has 12 N–H and O–H groups in total. The first kappa shape index (κ1) is 43.2. The number of methoxy groups -OCH3 is 1. The summed E-state index contributed by atoms with van der Waals surface area (Å²) >= 11 is 0. The number of ether oxygens (including phenoxy) is 10. The normalized spacial score (nSPS) is 55.5. The van der Waals surface area contributed by atoms with Crippen molar-refractivity contribution >= 4 is 0 Å². The molecule has 0 aromatic carbocycles. The molecule has 0 aliphatic carbocycles. The summed E-state index contributed by atoms with van der Waals surface area (Å²) in [5.74, 6) is 0. The maximum atomic E-state index is 11.7. The number of hydrogen-bond acceptors (Lipinski definition) is 22. The molecule has 5 heterocycles. The predicted molar refractivity (Wildman–Crippen MR) is 166 cm³/mol. The van der Waals surface area contributed by atoms with Crippen molar-refractivity contribution in [2.45, 2.75) is 181 Å². The molecule has 22 nitrogen and oxygen atoms in total. The van der Waals surface area contributed by atoms with E-state index < -0.39 is 160 Å². The van der Waals surface area contributed by atoms with Gasteiger partial charge in [-0.05, 0) is 27.7 Å². The zero-order valence-electron chi connectivity index (χ0n) is 29.6. The van der Waals surface area contributed by atoms with Gasteiger partial charge in [0.25, 0.3) is 0 Å². The first-order chi connectivity index (χ1) is 24.9. The molecule has 0 radical (unpaired) electrons. The zero-order chi connectivity index (χ0) is 39.2. The lowest BCUT2D eigenvalue weighted by Crippen LogP contribution is -2.67. The van der Waals surface area contributed by atoms with Crippen LogP contribution in [0.2, 0.25) is 0 Å². The third-order valence-corrected chi connectivity index (χ3v) is 10.4. The average molecular weight is 779 g/mol. The highest BCUT2D eigenvalue weighted by Gasteiger charge is 2.56. The van der Waals surface area contributed by atoms with Crippen LogP contribution < -0.4 is 0 Å². The summed E-state index contributed by atoms with van der Waals surface area (Å²) in [6.07, 6.45) is -38.2. The number of aliphatic hydroxyl groups is 12. The first-order valence-electron chi connectivity index (χ1n) is 17.4. The van der Waals surface area contributed by atoms with Gasteiger partial charge in [0.2, 0.25) is 0 Å². The van der Waals surface area contributed by atoms with Crippen LogP contribution in [0.3, 0.4) is 0 Å². The summed E-state index contributed by atoms with van der Waals surface area (Å²) in [5, 5.41) is 127. The van der Waals surface area contributed by atoms with E-state index in [0.717, 1.165) is 0 Å². The molecule has 25 atom stereocenters. The van der Waals surface area contributed by atoms with Gasteiger partial charge in [0, 0.05) is 7.11 Å². The lowest BCUT2D eigenvalue weighted by atomic mass is 9.95. The Bertz CT molecular complexity index is 1160. The van der Waals surface area contributed by atoms with Crippen molar-refractivity contribution in [3.63, 3.8) is 0 Å². The molecule has 0 aromatic rings. The minimum absolute atomic E-state index is 0.747. The van der Waals surface area contributed by atoms with Crippen LogP contribution in [-0.4, -0.2) is 229 Å². The molecule has 5 aliphatic rings. The molecule has 310 valence electrons. The van der Waals surface area contributed by atoms with Gasteiger partial charge in [-0.25, -0.2) is 0 Å². The highest BCUT2D eigenvalue weighted by Crippen LogP contribution is 2.36. The van der Waals surface area contributed by atoms with Gasteiger partial charge in [-0.3, -0.25) is 0 Å². The van der Waals surface area contributed by atoms with E-state index in [1.165, 1.54) is 34.8 Å². The van der Waals surface area contributed by atoms with Gasteiger partial charge >= 0.3 is 0 Å². The van der Waals surface area contributed by atoms with Crippen LogP contribution in [0, 0.1) is 0 Å². The summed E-state index contributed by atoms with van der Waals surface area (Å²) in [7, 11) is 1.18. The Morgan fingerprint density at radius 1 is 0.377 bits per heavy atom. The average Bonchev–Trinajstić information content (AvgIpc) is 3.12. The maximum absolute atomic E-state index is 11.7. The van der Waals surface area contributed by atoms with E-state index in [0.29, 0.717) is 0 Å². The molecule has 22 heteroatoms. The van der Waals surface area contributed by atoms with Gasteiger partial charge in [0.1, 0.15) is 97.7 Å². The van der Waals surface area contributed by atoms with Crippen molar-refractivity contribution in [1.29, 1.82) is 0 Å². The van der Waals surface area contributed by atoms with E-state index in [1.807, 2.05) is 0 Å². The van der Waals surface area contributed by atoms with Crippen LogP contribution >= 0.6 is 0 Å². The molecule has 0 saturated carbocycles. The zero-order valence-corrected chi connectivity index (χ0v) is 29.6. The Balaban J connectivity index is 1.35. The van der Waals surface area contributed by atoms with Crippen molar-refractivity contribution < 1.29 is 109 Å². The van der Waals surface area contributed by atoms with Crippen LogP contribution in [0.5, 0.6) is 0 Å². The van der Waals surface area contributed by atoms with Crippen LogP contribution in [0.25, 0.3) is 0 Å². The summed E-state index contributed by atoms with van der Waals surface area (Å²) in [6, 6.07) is 0. The van der Waals surface area contributed by atoms with Crippen LogP contribution in [0.1, 0.15) is 27.7 Å². The van der Waals surface area contributed by atoms with Gasteiger partial charge in [0.15, 0.2) is 31.5 Å². The van der Waals surface area contributed by atoms with Crippen molar-refractivity contribution in [3.8, 4) is 0 Å². The van der Waals surface area contributed by atoms with E-state index in [-0.39, 0.29) is 0 Å². The Labute approximate surface area is 303 Å². The molecule has 0 amide bonds. The highest BCUT2D eigenvalue weighted by atomic mass is 16.8. The molecular formula is C31H54O22. The van der Waals surface area contributed by atoms with Gasteiger partial charge in [-0.15, -0.1) is 0 Å². The van der Waals surface area contributed by atoms with Crippen molar-refractivity contribution in [2.24, 2.45) is 0 Å². The minimum atomic E-state index is -1.89. The SMILES string of the molecule is CO[C@H]1[C@H](O[C@H]2[C@@H](O)[C@H](O[C@@H]3[C@@H](O)[C@@H](O)[C@H](O[C@H]4C(O)O[C@H](C)[C@H](O)[C@@H]4O)O[C@H]3C)O[C@@H](C)[C@@H]2O[C@@H]2O[C@@H](C)[C@H](O)[C@@H](O)[C@H]2O)O[C@H](CO)[C@@H](O)[C@@H]1O. The second kappa shape index (κ2) is 17.7. The standard InChI is InChI=1S/C31H54O22/c1-7-13(34)16(37)25(27(43)45-7)53-29-20(41)18(39)22(9(3)47-29)50-30-21(42)24(52-31-26(44-5)17(38)14(35)11(6-32)49-31)23(10(4)48-30)51-28-19(40)15(36)12(33)8(2)46-28/h7-43H,6H2,1-5H3/t7-,8+,9+,10+,11-,12+,13+,14-,15-,16+,17+,18+,19-,20-,21-,22+,23+,24+,25-,26-,27?,28+,29+,30+,31+/m1/s1. The number of hydrogen-bond donors (Lipinski definition) is 12. The van der Waals surface area contributed by atoms with Crippen molar-refractivity contribution in [1.82, 2.24) is 0 Å². The fraction of sp³-hybridized carbons (Fsp3) is 1.00. The minimum Gasteiger partial charge on any atom is -0.394 e. The summed E-state index contributed by atoms with van der Waals surface area (Å²) in [6.45, 7) is 4.96. The molecule has 0 aromatic heterocycles. The predicted octanol–water partition coefficient (Wildman–Crippen LogP) is -7.16. The molecular weight excluding hydrogens is 724 g/mol. The van der Waals surface area contributed by atoms with E-state index in [4.69, 9.17) is 47.4 Å². The number of aliphatic hydroxyl groups excluding tert-OH is 12. The fourth-order valence-electron chi connectivity index (χ4n) is 7.08. The Hall–Kier alpha value is -0.880. The Morgan fingerprint density at radius 2 is 0.811 bits per heavy atom. The maximum Gasteiger partial charge on any atom is 0.187 e. The molecule has 0 bridgehead atoms. The lowest BCUT2D eigenvalue weighted by Gasteiger charge is -2.50.